The number of nitrogens with two attached hydrogens (primary N) is 4. The van der Waals surface area contributed by atoms with Crippen LogP contribution in [0.5, 0.6) is 0 Å². The van der Waals surface area contributed by atoms with E-state index in [1.165, 1.54) is 0 Å². The number of primary amides is 1. The minimum absolute atomic E-state index is 0.0746. The van der Waals surface area contributed by atoms with E-state index in [0.29, 0.717) is 19.4 Å². The summed E-state index contributed by atoms with van der Waals surface area (Å²) < 4.78 is 0. The van der Waals surface area contributed by atoms with Crippen molar-refractivity contribution in [3.8, 4) is 0 Å². The number of aliphatic imine (C=N–C) groups is 1. The fourth-order valence-electron chi connectivity index (χ4n) is 2.57. The van der Waals surface area contributed by atoms with E-state index in [0.717, 1.165) is 0 Å². The predicted molar refractivity (Wildman–Crippen MR) is 116 cm³/mol. The van der Waals surface area contributed by atoms with E-state index in [9.17, 15) is 24.0 Å². The lowest BCUT2D eigenvalue weighted by Gasteiger charge is -2.27. The Morgan fingerprint density at radius 2 is 1.62 bits per heavy atom. The molecule has 0 radical (unpaired) electrons. The largest absolute Gasteiger partial charge is 0.480 e. The first-order valence-corrected chi connectivity index (χ1v) is 10.1. The van der Waals surface area contributed by atoms with Gasteiger partial charge < -0.3 is 44.0 Å². The molecular formula is C18H34N8O6. The summed E-state index contributed by atoms with van der Waals surface area (Å²) in [6.45, 7) is 3.10. The van der Waals surface area contributed by atoms with Crippen molar-refractivity contribution in [3.05, 3.63) is 0 Å². The summed E-state index contributed by atoms with van der Waals surface area (Å²) >= 11 is 0. The standard InChI is InChI=1S/C18H34N8O6/c1-3-9(2)14(26-15(30)10(19)5-4-6-23-18(21)22)17(32)25-11(7-12(20)27)16(31)24-8-13(28)29/h9-11,14H,3-8,19H2,1-2H3,(H2,20,27)(H,24,31)(H,25,32)(H,26,30)(H,28,29)(H4,21,22,23). The number of hydrogen-bond donors (Lipinski definition) is 8. The molecule has 0 aliphatic carbocycles. The van der Waals surface area contributed by atoms with Gasteiger partial charge in [0, 0.05) is 6.54 Å². The molecule has 0 aromatic carbocycles. The number of carboxylic acids is 1. The van der Waals surface area contributed by atoms with Crippen LogP contribution >= 0.6 is 0 Å². The zero-order valence-corrected chi connectivity index (χ0v) is 18.3. The number of carbonyl (C=O) groups excluding carboxylic acids is 4. The van der Waals surface area contributed by atoms with Crippen LogP contribution in [0, 0.1) is 5.92 Å². The molecule has 12 N–H and O–H groups in total. The summed E-state index contributed by atoms with van der Waals surface area (Å²) in [5.74, 6) is -4.83. The molecule has 0 aliphatic heterocycles. The highest BCUT2D eigenvalue weighted by Gasteiger charge is 2.31. The van der Waals surface area contributed by atoms with Gasteiger partial charge in [-0.3, -0.25) is 29.0 Å². The Balaban J connectivity index is 5.21. The number of aliphatic carboxylic acids is 1. The normalized spacial score (nSPS) is 14.2. The summed E-state index contributed by atoms with van der Waals surface area (Å²) in [5.41, 5.74) is 21.5. The van der Waals surface area contributed by atoms with E-state index in [1.54, 1.807) is 13.8 Å². The molecule has 0 aliphatic rings. The van der Waals surface area contributed by atoms with Crippen LogP contribution in [-0.2, 0) is 24.0 Å². The highest BCUT2D eigenvalue weighted by Crippen LogP contribution is 2.10. The fourth-order valence-corrected chi connectivity index (χ4v) is 2.57. The molecule has 32 heavy (non-hydrogen) atoms. The topological polar surface area (TPSA) is 258 Å². The SMILES string of the molecule is CCC(C)C(NC(=O)C(N)CCCN=C(N)N)C(=O)NC(CC(N)=O)C(=O)NCC(=O)O. The second-order valence-electron chi connectivity index (χ2n) is 7.27. The van der Waals surface area contributed by atoms with Crippen LogP contribution in [-0.4, -0.2) is 71.9 Å². The van der Waals surface area contributed by atoms with Crippen LogP contribution in [0.1, 0.15) is 39.5 Å². The third-order valence-electron chi connectivity index (χ3n) is 4.55. The van der Waals surface area contributed by atoms with E-state index in [2.05, 4.69) is 20.9 Å². The number of rotatable bonds is 15. The molecule has 4 amide bonds. The number of carboxylic acid groups (broad SMARTS) is 1. The van der Waals surface area contributed by atoms with Crippen molar-refractivity contribution in [1.82, 2.24) is 16.0 Å². The summed E-state index contributed by atoms with van der Waals surface area (Å²) in [6, 6.07) is -3.39. The monoisotopic (exact) mass is 458 g/mol. The highest BCUT2D eigenvalue weighted by atomic mass is 16.4. The molecule has 0 heterocycles. The summed E-state index contributed by atoms with van der Waals surface area (Å²) in [5, 5.41) is 15.7. The van der Waals surface area contributed by atoms with Gasteiger partial charge in [-0.2, -0.15) is 0 Å². The smallest absolute Gasteiger partial charge is 0.322 e. The van der Waals surface area contributed by atoms with Gasteiger partial charge in [0.05, 0.1) is 12.5 Å². The molecule has 0 bridgehead atoms. The minimum Gasteiger partial charge on any atom is -0.480 e. The van der Waals surface area contributed by atoms with Crippen molar-refractivity contribution < 1.29 is 29.1 Å². The Morgan fingerprint density at radius 1 is 1.00 bits per heavy atom. The Hall–Kier alpha value is -3.42. The molecule has 4 atom stereocenters. The molecular weight excluding hydrogens is 424 g/mol. The van der Waals surface area contributed by atoms with Gasteiger partial charge in [0.2, 0.25) is 23.6 Å². The maximum Gasteiger partial charge on any atom is 0.322 e. The lowest BCUT2D eigenvalue weighted by Crippen LogP contribution is -2.58. The van der Waals surface area contributed by atoms with Crippen molar-refractivity contribution in [2.24, 2.45) is 33.8 Å². The molecule has 0 fully saturated rings. The van der Waals surface area contributed by atoms with E-state index >= 15 is 0 Å². The average Bonchev–Trinajstić information content (AvgIpc) is 2.71. The van der Waals surface area contributed by atoms with Crippen LogP contribution in [0.2, 0.25) is 0 Å². The third-order valence-corrected chi connectivity index (χ3v) is 4.55. The number of nitrogens with zero attached hydrogens (tertiary/aromatic N) is 1. The summed E-state index contributed by atoms with van der Waals surface area (Å²) in [7, 11) is 0. The van der Waals surface area contributed by atoms with Crippen molar-refractivity contribution in [3.63, 3.8) is 0 Å². The number of nitrogens with one attached hydrogen (secondary N) is 3. The van der Waals surface area contributed by atoms with Crippen molar-refractivity contribution in [2.45, 2.75) is 57.7 Å². The first-order valence-electron chi connectivity index (χ1n) is 10.1. The Morgan fingerprint density at radius 3 is 2.12 bits per heavy atom. The number of carbonyl (C=O) groups is 5. The summed E-state index contributed by atoms with van der Waals surface area (Å²) in [4.78, 5) is 63.2. The van der Waals surface area contributed by atoms with E-state index in [4.69, 9.17) is 28.0 Å². The second kappa shape index (κ2) is 14.6. The maximum atomic E-state index is 12.8. The van der Waals surface area contributed by atoms with E-state index in [1.807, 2.05) is 0 Å². The number of hydrogen-bond acceptors (Lipinski definition) is 7. The Kier molecular flexibility index (Phi) is 13.0. The molecule has 182 valence electrons. The van der Waals surface area contributed by atoms with Gasteiger partial charge in [0.1, 0.15) is 18.6 Å². The van der Waals surface area contributed by atoms with Crippen LogP contribution < -0.4 is 38.9 Å². The minimum atomic E-state index is -1.41. The molecule has 14 heteroatoms. The average molecular weight is 459 g/mol. The van der Waals surface area contributed by atoms with Crippen molar-refractivity contribution in [1.29, 1.82) is 0 Å². The quantitative estimate of drug-likeness (QED) is 0.0685. The Bertz CT molecular complexity index is 710. The van der Waals surface area contributed by atoms with Gasteiger partial charge in [0.15, 0.2) is 5.96 Å². The molecule has 0 saturated carbocycles. The van der Waals surface area contributed by atoms with Crippen LogP contribution in [0.4, 0.5) is 0 Å². The second-order valence-corrected chi connectivity index (χ2v) is 7.27. The maximum absolute atomic E-state index is 12.8. The zero-order valence-electron chi connectivity index (χ0n) is 18.3. The number of amides is 4. The van der Waals surface area contributed by atoms with Gasteiger partial charge in [-0.25, -0.2) is 0 Å². The number of guanidine groups is 1. The van der Waals surface area contributed by atoms with Crippen LogP contribution in [0.25, 0.3) is 0 Å². The predicted octanol–water partition coefficient (Wildman–Crippen LogP) is -3.54. The van der Waals surface area contributed by atoms with Crippen molar-refractivity contribution in [2.75, 3.05) is 13.1 Å². The lowest BCUT2D eigenvalue weighted by molar-refractivity contribution is -0.139. The van der Waals surface area contributed by atoms with Gasteiger partial charge in [-0.1, -0.05) is 20.3 Å². The first kappa shape index (κ1) is 28.6. The van der Waals surface area contributed by atoms with Gasteiger partial charge in [0.25, 0.3) is 0 Å². The first-order chi connectivity index (χ1) is 14.9. The molecule has 0 spiro atoms. The zero-order chi connectivity index (χ0) is 24.8. The molecule has 0 aromatic heterocycles. The van der Waals surface area contributed by atoms with Crippen molar-refractivity contribution >= 4 is 35.6 Å². The van der Waals surface area contributed by atoms with Gasteiger partial charge in [-0.05, 0) is 18.8 Å². The third kappa shape index (κ3) is 11.7. The summed E-state index contributed by atoms with van der Waals surface area (Å²) in [6.07, 6.45) is 0.656. The van der Waals surface area contributed by atoms with Crippen LogP contribution in [0.15, 0.2) is 4.99 Å². The van der Waals surface area contributed by atoms with E-state index in [-0.39, 0.29) is 18.3 Å². The lowest BCUT2D eigenvalue weighted by atomic mass is 9.97. The highest BCUT2D eigenvalue weighted by molar-refractivity contribution is 5.95. The molecule has 0 aromatic rings. The molecule has 14 nitrogen and oxygen atoms in total. The molecule has 0 rings (SSSR count). The Labute approximate surface area is 185 Å². The van der Waals surface area contributed by atoms with Crippen LogP contribution in [0.3, 0.4) is 0 Å². The van der Waals surface area contributed by atoms with Gasteiger partial charge in [-0.15, -0.1) is 0 Å². The molecule has 0 saturated heterocycles. The van der Waals surface area contributed by atoms with Gasteiger partial charge >= 0.3 is 5.97 Å². The fraction of sp³-hybridized carbons (Fsp3) is 0.667. The molecule has 4 unspecified atom stereocenters. The van der Waals surface area contributed by atoms with E-state index < -0.39 is 60.7 Å².